The van der Waals surface area contributed by atoms with Gasteiger partial charge < -0.3 is 5.32 Å². The lowest BCUT2D eigenvalue weighted by Crippen LogP contribution is -1.98. The first-order valence-corrected chi connectivity index (χ1v) is 5.48. The third kappa shape index (κ3) is 2.47. The molecule has 2 heterocycles. The normalized spacial score (nSPS) is 10.1. The smallest absolute Gasteiger partial charge is 0.126 e. The van der Waals surface area contributed by atoms with Crippen LogP contribution in [0.1, 0.15) is 4.88 Å². The second-order valence-corrected chi connectivity index (χ2v) is 4.26. The van der Waals surface area contributed by atoms with E-state index in [4.69, 9.17) is 11.6 Å². The zero-order chi connectivity index (χ0) is 9.80. The first-order chi connectivity index (χ1) is 6.84. The van der Waals surface area contributed by atoms with Crippen LogP contribution in [0.5, 0.6) is 0 Å². The monoisotopic (exact) mass is 224 g/mol. The summed E-state index contributed by atoms with van der Waals surface area (Å²) in [5, 5.41) is 5.94. The van der Waals surface area contributed by atoms with E-state index in [1.807, 2.05) is 18.2 Å². The molecule has 4 heteroatoms. The van der Waals surface area contributed by atoms with Gasteiger partial charge in [-0.25, -0.2) is 4.98 Å². The van der Waals surface area contributed by atoms with Gasteiger partial charge in [-0.1, -0.05) is 17.7 Å². The van der Waals surface area contributed by atoms with E-state index in [1.165, 1.54) is 4.88 Å². The maximum Gasteiger partial charge on any atom is 0.126 e. The lowest BCUT2D eigenvalue weighted by Gasteiger charge is -2.02. The highest BCUT2D eigenvalue weighted by atomic mass is 35.5. The number of pyridine rings is 1. The zero-order valence-corrected chi connectivity index (χ0v) is 8.98. The Morgan fingerprint density at radius 2 is 2.29 bits per heavy atom. The van der Waals surface area contributed by atoms with Gasteiger partial charge in [0.1, 0.15) is 5.82 Å². The van der Waals surface area contributed by atoms with Gasteiger partial charge in [-0.2, -0.15) is 0 Å². The van der Waals surface area contributed by atoms with Crippen LogP contribution in [0.15, 0.2) is 35.8 Å². The predicted octanol–water partition coefficient (Wildman–Crippen LogP) is 3.41. The van der Waals surface area contributed by atoms with Crippen molar-refractivity contribution < 1.29 is 0 Å². The third-order valence-corrected chi connectivity index (χ3v) is 2.85. The molecule has 0 aliphatic rings. The SMILES string of the molecule is Clc1ccc(NCc2cccs2)nc1. The van der Waals surface area contributed by atoms with Gasteiger partial charge in [0.2, 0.25) is 0 Å². The Balaban J connectivity index is 1.95. The summed E-state index contributed by atoms with van der Waals surface area (Å²) < 4.78 is 0. The minimum Gasteiger partial charge on any atom is -0.365 e. The highest BCUT2D eigenvalue weighted by molar-refractivity contribution is 7.09. The molecule has 2 aromatic heterocycles. The van der Waals surface area contributed by atoms with Gasteiger partial charge in [-0.3, -0.25) is 0 Å². The lowest BCUT2D eigenvalue weighted by molar-refractivity contribution is 1.14. The number of thiophene rings is 1. The van der Waals surface area contributed by atoms with Crippen LogP contribution in [0.3, 0.4) is 0 Å². The van der Waals surface area contributed by atoms with E-state index in [2.05, 4.69) is 21.7 Å². The minimum absolute atomic E-state index is 0.659. The van der Waals surface area contributed by atoms with E-state index >= 15 is 0 Å². The fourth-order valence-corrected chi connectivity index (χ4v) is 1.83. The number of aromatic nitrogens is 1. The van der Waals surface area contributed by atoms with Gasteiger partial charge in [0.25, 0.3) is 0 Å². The molecule has 1 N–H and O–H groups in total. The third-order valence-electron chi connectivity index (χ3n) is 1.75. The Bertz CT molecular complexity index is 383. The zero-order valence-electron chi connectivity index (χ0n) is 7.40. The molecule has 0 bridgehead atoms. The number of hydrogen-bond acceptors (Lipinski definition) is 3. The Morgan fingerprint density at radius 1 is 1.36 bits per heavy atom. The Morgan fingerprint density at radius 3 is 2.93 bits per heavy atom. The Labute approximate surface area is 91.6 Å². The molecule has 0 saturated heterocycles. The lowest BCUT2D eigenvalue weighted by atomic mass is 10.4. The molecule has 2 nitrogen and oxygen atoms in total. The summed E-state index contributed by atoms with van der Waals surface area (Å²) >= 11 is 7.45. The van der Waals surface area contributed by atoms with Crippen LogP contribution in [0.25, 0.3) is 0 Å². The van der Waals surface area contributed by atoms with Crippen LogP contribution in [0.4, 0.5) is 5.82 Å². The number of nitrogens with zero attached hydrogens (tertiary/aromatic N) is 1. The Hall–Kier alpha value is -1.06. The van der Waals surface area contributed by atoms with Crippen molar-refractivity contribution in [1.29, 1.82) is 0 Å². The fourth-order valence-electron chi connectivity index (χ4n) is 1.07. The van der Waals surface area contributed by atoms with E-state index in [-0.39, 0.29) is 0 Å². The molecule has 72 valence electrons. The second kappa shape index (κ2) is 4.44. The maximum atomic E-state index is 5.72. The largest absolute Gasteiger partial charge is 0.365 e. The number of nitrogens with one attached hydrogen (secondary N) is 1. The van der Waals surface area contributed by atoms with E-state index in [0.29, 0.717) is 5.02 Å². The molecule has 0 aliphatic carbocycles. The van der Waals surface area contributed by atoms with Gasteiger partial charge in [-0.05, 0) is 23.6 Å². The van der Waals surface area contributed by atoms with Gasteiger partial charge in [0.05, 0.1) is 11.6 Å². The van der Waals surface area contributed by atoms with E-state index in [1.54, 1.807) is 17.5 Å². The quantitative estimate of drug-likeness (QED) is 0.865. The van der Waals surface area contributed by atoms with Crippen molar-refractivity contribution in [1.82, 2.24) is 4.98 Å². The van der Waals surface area contributed by atoms with Crippen molar-refractivity contribution in [2.45, 2.75) is 6.54 Å². The van der Waals surface area contributed by atoms with Crippen LogP contribution in [-0.2, 0) is 6.54 Å². The van der Waals surface area contributed by atoms with Crippen molar-refractivity contribution in [2.24, 2.45) is 0 Å². The molecular weight excluding hydrogens is 216 g/mol. The standard InChI is InChI=1S/C10H9ClN2S/c11-8-3-4-10(12-6-8)13-7-9-2-1-5-14-9/h1-6H,7H2,(H,12,13). The highest BCUT2D eigenvalue weighted by Crippen LogP contribution is 2.13. The molecular formula is C10H9ClN2S. The molecule has 0 saturated carbocycles. The molecule has 0 radical (unpaired) electrons. The van der Waals surface area contributed by atoms with Crippen molar-refractivity contribution >= 4 is 28.8 Å². The average Bonchev–Trinajstić information content (AvgIpc) is 2.70. The molecule has 0 unspecified atom stereocenters. The molecule has 0 atom stereocenters. The van der Waals surface area contributed by atoms with Gasteiger partial charge in [0, 0.05) is 11.1 Å². The second-order valence-electron chi connectivity index (χ2n) is 2.79. The summed E-state index contributed by atoms with van der Waals surface area (Å²) in [6.45, 7) is 0.812. The highest BCUT2D eigenvalue weighted by Gasteiger charge is 1.95. The first-order valence-electron chi connectivity index (χ1n) is 4.22. The summed E-state index contributed by atoms with van der Waals surface area (Å²) in [5.74, 6) is 0.850. The van der Waals surface area contributed by atoms with E-state index < -0.39 is 0 Å². The van der Waals surface area contributed by atoms with Crippen LogP contribution in [0, 0.1) is 0 Å². The summed E-state index contributed by atoms with van der Waals surface area (Å²) in [4.78, 5) is 5.43. The van der Waals surface area contributed by atoms with Crippen LogP contribution < -0.4 is 5.32 Å². The topological polar surface area (TPSA) is 24.9 Å². The van der Waals surface area contributed by atoms with Gasteiger partial charge >= 0.3 is 0 Å². The molecule has 0 aromatic carbocycles. The van der Waals surface area contributed by atoms with Crippen LogP contribution in [-0.4, -0.2) is 4.98 Å². The van der Waals surface area contributed by atoms with Crippen LogP contribution in [0.2, 0.25) is 5.02 Å². The average molecular weight is 225 g/mol. The van der Waals surface area contributed by atoms with Gasteiger partial charge in [0.15, 0.2) is 0 Å². The van der Waals surface area contributed by atoms with Crippen molar-refractivity contribution in [3.63, 3.8) is 0 Å². The minimum atomic E-state index is 0.659. The van der Waals surface area contributed by atoms with Crippen molar-refractivity contribution in [2.75, 3.05) is 5.32 Å². The maximum absolute atomic E-state index is 5.72. The predicted molar refractivity (Wildman–Crippen MR) is 60.9 cm³/mol. The number of hydrogen-bond donors (Lipinski definition) is 1. The van der Waals surface area contributed by atoms with E-state index in [0.717, 1.165) is 12.4 Å². The van der Waals surface area contributed by atoms with Crippen molar-refractivity contribution in [3.05, 3.63) is 45.7 Å². The first kappa shape index (κ1) is 9.49. The summed E-state index contributed by atoms with van der Waals surface area (Å²) in [5.41, 5.74) is 0. The van der Waals surface area contributed by atoms with Gasteiger partial charge in [-0.15, -0.1) is 11.3 Å². The summed E-state index contributed by atoms with van der Waals surface area (Å²) in [6, 6.07) is 7.83. The number of rotatable bonds is 3. The molecule has 0 aliphatic heterocycles. The molecule has 0 fully saturated rings. The number of halogens is 1. The molecule has 0 spiro atoms. The molecule has 14 heavy (non-hydrogen) atoms. The number of anilines is 1. The van der Waals surface area contributed by atoms with E-state index in [9.17, 15) is 0 Å². The molecule has 0 amide bonds. The summed E-state index contributed by atoms with van der Waals surface area (Å²) in [6.07, 6.45) is 1.64. The Kier molecular flexibility index (Phi) is 3.01. The summed E-state index contributed by atoms with van der Waals surface area (Å²) in [7, 11) is 0. The molecule has 2 rings (SSSR count). The molecule has 2 aromatic rings. The van der Waals surface area contributed by atoms with Crippen molar-refractivity contribution in [3.8, 4) is 0 Å². The fraction of sp³-hybridized carbons (Fsp3) is 0.100. The van der Waals surface area contributed by atoms with Crippen LogP contribution >= 0.6 is 22.9 Å².